The van der Waals surface area contributed by atoms with E-state index in [1.54, 1.807) is 0 Å². The van der Waals surface area contributed by atoms with Crippen LogP contribution in [0, 0.1) is 0 Å². The molecule has 6 aromatic rings. The van der Waals surface area contributed by atoms with Crippen LogP contribution in [0.5, 0.6) is 0 Å². The van der Waals surface area contributed by atoms with Crippen molar-refractivity contribution < 1.29 is 0 Å². The predicted octanol–water partition coefficient (Wildman–Crippen LogP) is 9.27. The van der Waals surface area contributed by atoms with E-state index in [9.17, 15) is 0 Å². The van der Waals surface area contributed by atoms with E-state index in [0.29, 0.717) is 23.4 Å². The Morgan fingerprint density at radius 1 is 0.442 bits per heavy atom. The second kappa shape index (κ2) is 10.7. The Bertz CT molecular complexity index is 1910. The Hall–Kier alpha value is -5.61. The van der Waals surface area contributed by atoms with Gasteiger partial charge in [0.25, 0.3) is 0 Å². The molecular formula is C39H28N4. The Balaban J connectivity index is 1.23. The van der Waals surface area contributed by atoms with E-state index in [2.05, 4.69) is 102 Å². The van der Waals surface area contributed by atoms with Gasteiger partial charge in [-0.1, -0.05) is 133 Å². The summed E-state index contributed by atoms with van der Waals surface area (Å²) in [5.41, 5.74) is 9.11. The minimum atomic E-state index is 0.210. The third-order valence-electron chi connectivity index (χ3n) is 8.26. The van der Waals surface area contributed by atoms with Crippen molar-refractivity contribution in [3.63, 3.8) is 0 Å². The number of nitrogens with zero attached hydrogens (tertiary/aromatic N) is 4. The summed E-state index contributed by atoms with van der Waals surface area (Å²) in [6.45, 7) is 0. The SMILES string of the molecule is C1=CC2c3cccc(-c4ccccc4)c3N(c3ccc(-c4nc(-c5ccccc5)nc(-c5ccccc5)n4)cc3)C2C=C1. The number of hydrogen-bond donors (Lipinski definition) is 0. The highest BCUT2D eigenvalue weighted by atomic mass is 15.2. The van der Waals surface area contributed by atoms with Gasteiger partial charge < -0.3 is 4.90 Å². The fourth-order valence-corrected chi connectivity index (χ4v) is 6.24. The second-order valence-electron chi connectivity index (χ2n) is 10.9. The zero-order valence-electron chi connectivity index (χ0n) is 23.5. The average Bonchev–Trinajstić information content (AvgIpc) is 3.44. The molecule has 2 heterocycles. The highest BCUT2D eigenvalue weighted by Crippen LogP contribution is 2.51. The number of anilines is 2. The maximum absolute atomic E-state index is 4.93. The van der Waals surface area contributed by atoms with Gasteiger partial charge in [0.1, 0.15) is 0 Å². The van der Waals surface area contributed by atoms with Crippen LogP contribution in [0.2, 0.25) is 0 Å². The van der Waals surface area contributed by atoms with E-state index in [-0.39, 0.29) is 6.04 Å². The van der Waals surface area contributed by atoms with Crippen molar-refractivity contribution in [3.8, 4) is 45.3 Å². The second-order valence-corrected chi connectivity index (χ2v) is 10.9. The van der Waals surface area contributed by atoms with Crippen LogP contribution in [0.3, 0.4) is 0 Å². The van der Waals surface area contributed by atoms with Gasteiger partial charge in [-0.15, -0.1) is 0 Å². The molecule has 0 spiro atoms. The fourth-order valence-electron chi connectivity index (χ4n) is 6.24. The van der Waals surface area contributed by atoms with E-state index < -0.39 is 0 Å². The molecule has 2 atom stereocenters. The molecule has 1 aliphatic heterocycles. The molecule has 204 valence electrons. The summed E-state index contributed by atoms with van der Waals surface area (Å²) in [6.07, 6.45) is 8.98. The lowest BCUT2D eigenvalue weighted by molar-refractivity contribution is 0.745. The number of rotatable bonds is 5. The van der Waals surface area contributed by atoms with Crippen molar-refractivity contribution >= 4 is 11.4 Å². The summed E-state index contributed by atoms with van der Waals surface area (Å²) < 4.78 is 0. The molecule has 0 saturated carbocycles. The van der Waals surface area contributed by atoms with Gasteiger partial charge in [-0.3, -0.25) is 0 Å². The molecule has 1 aliphatic carbocycles. The molecular weight excluding hydrogens is 524 g/mol. The van der Waals surface area contributed by atoms with Crippen molar-refractivity contribution in [3.05, 3.63) is 163 Å². The summed E-state index contributed by atoms with van der Waals surface area (Å²) in [6, 6.07) is 46.4. The van der Waals surface area contributed by atoms with E-state index in [4.69, 9.17) is 15.0 Å². The zero-order valence-corrected chi connectivity index (χ0v) is 23.5. The molecule has 5 aromatic carbocycles. The first kappa shape index (κ1) is 25.1. The number of hydrogen-bond acceptors (Lipinski definition) is 4. The maximum Gasteiger partial charge on any atom is 0.164 e. The molecule has 0 saturated heterocycles. The van der Waals surface area contributed by atoms with Gasteiger partial charge in [-0.05, 0) is 35.4 Å². The topological polar surface area (TPSA) is 41.9 Å². The van der Waals surface area contributed by atoms with Gasteiger partial charge in [-0.25, -0.2) is 15.0 Å². The van der Waals surface area contributed by atoms with Crippen molar-refractivity contribution in [2.75, 3.05) is 4.90 Å². The first-order valence-corrected chi connectivity index (χ1v) is 14.6. The number of aromatic nitrogens is 3. The van der Waals surface area contributed by atoms with Crippen LogP contribution < -0.4 is 4.90 Å². The molecule has 2 unspecified atom stereocenters. The van der Waals surface area contributed by atoms with Gasteiger partial charge in [0, 0.05) is 33.9 Å². The molecule has 43 heavy (non-hydrogen) atoms. The molecule has 0 N–H and O–H groups in total. The molecule has 2 aliphatic rings. The number of fused-ring (bicyclic) bond motifs is 3. The van der Waals surface area contributed by atoms with Crippen molar-refractivity contribution in [2.24, 2.45) is 0 Å². The molecule has 0 bridgehead atoms. The van der Waals surface area contributed by atoms with E-state index in [0.717, 1.165) is 22.4 Å². The Morgan fingerprint density at radius 2 is 0.953 bits per heavy atom. The lowest BCUT2D eigenvalue weighted by Crippen LogP contribution is -2.28. The van der Waals surface area contributed by atoms with Gasteiger partial charge in [0.05, 0.1) is 11.7 Å². The van der Waals surface area contributed by atoms with Gasteiger partial charge in [0.2, 0.25) is 0 Å². The van der Waals surface area contributed by atoms with Crippen LogP contribution in [0.25, 0.3) is 45.3 Å². The third kappa shape index (κ3) is 4.54. The number of para-hydroxylation sites is 1. The molecule has 4 nitrogen and oxygen atoms in total. The van der Waals surface area contributed by atoms with Gasteiger partial charge >= 0.3 is 0 Å². The van der Waals surface area contributed by atoms with Crippen molar-refractivity contribution in [1.82, 2.24) is 15.0 Å². The summed E-state index contributed by atoms with van der Waals surface area (Å²) in [7, 11) is 0. The van der Waals surface area contributed by atoms with E-state index in [1.165, 1.54) is 22.4 Å². The smallest absolute Gasteiger partial charge is 0.164 e. The van der Waals surface area contributed by atoms with Crippen LogP contribution in [-0.2, 0) is 0 Å². The van der Waals surface area contributed by atoms with E-state index >= 15 is 0 Å². The highest BCUT2D eigenvalue weighted by Gasteiger charge is 2.38. The Kier molecular flexibility index (Phi) is 6.23. The highest BCUT2D eigenvalue weighted by molar-refractivity contribution is 5.89. The van der Waals surface area contributed by atoms with Crippen LogP contribution >= 0.6 is 0 Å². The lowest BCUT2D eigenvalue weighted by Gasteiger charge is -2.30. The first-order valence-electron chi connectivity index (χ1n) is 14.6. The molecule has 0 fully saturated rings. The monoisotopic (exact) mass is 552 g/mol. The quantitative estimate of drug-likeness (QED) is 0.214. The summed E-state index contributed by atoms with van der Waals surface area (Å²) in [5.74, 6) is 2.28. The predicted molar refractivity (Wildman–Crippen MR) is 175 cm³/mol. The summed E-state index contributed by atoms with van der Waals surface area (Å²) in [4.78, 5) is 17.2. The van der Waals surface area contributed by atoms with Crippen LogP contribution in [0.15, 0.2) is 158 Å². The molecule has 1 aromatic heterocycles. The third-order valence-corrected chi connectivity index (χ3v) is 8.26. The molecule has 0 radical (unpaired) electrons. The molecule has 8 rings (SSSR count). The normalized spacial score (nSPS) is 16.6. The van der Waals surface area contributed by atoms with Crippen LogP contribution in [0.1, 0.15) is 11.5 Å². The Labute approximate surface area is 251 Å². The van der Waals surface area contributed by atoms with Gasteiger partial charge in [0.15, 0.2) is 17.5 Å². The van der Waals surface area contributed by atoms with E-state index in [1.807, 2.05) is 60.7 Å². The number of allylic oxidation sites excluding steroid dienone is 2. The van der Waals surface area contributed by atoms with Gasteiger partial charge in [-0.2, -0.15) is 0 Å². The number of benzene rings is 5. The minimum Gasteiger partial charge on any atom is -0.333 e. The maximum atomic E-state index is 4.93. The standard InChI is InChI=1S/C39H28N4/c1-4-13-27(14-5-1)32-20-12-21-34-33-19-10-11-22-35(33)43(36(32)34)31-25-23-30(24-26-31)39-41-37(28-15-6-2-7-16-28)40-38(42-39)29-17-8-3-9-18-29/h1-26,33,35H. The Morgan fingerprint density at radius 3 is 1.53 bits per heavy atom. The fraction of sp³-hybridized carbons (Fsp3) is 0.0513. The lowest BCUT2D eigenvalue weighted by atomic mass is 9.90. The van der Waals surface area contributed by atoms with Crippen LogP contribution in [0.4, 0.5) is 11.4 Å². The molecule has 4 heteroatoms. The molecule has 0 amide bonds. The summed E-state index contributed by atoms with van der Waals surface area (Å²) >= 11 is 0. The van der Waals surface area contributed by atoms with Crippen molar-refractivity contribution in [1.29, 1.82) is 0 Å². The van der Waals surface area contributed by atoms with Crippen LogP contribution in [-0.4, -0.2) is 21.0 Å². The van der Waals surface area contributed by atoms with Crippen molar-refractivity contribution in [2.45, 2.75) is 12.0 Å². The largest absolute Gasteiger partial charge is 0.333 e. The minimum absolute atomic E-state index is 0.210. The summed E-state index contributed by atoms with van der Waals surface area (Å²) in [5, 5.41) is 0. The zero-order chi connectivity index (χ0) is 28.6. The first-order chi connectivity index (χ1) is 21.3. The average molecular weight is 553 g/mol.